The van der Waals surface area contributed by atoms with Gasteiger partial charge in [-0.3, -0.25) is 0 Å². The fraction of sp³-hybridized carbons (Fsp3) is 0.385. The van der Waals surface area contributed by atoms with E-state index in [0.29, 0.717) is 6.42 Å². The Hall–Kier alpha value is -1.27. The second-order valence-corrected chi connectivity index (χ2v) is 5.20. The second-order valence-electron chi connectivity index (χ2n) is 4.34. The molecule has 0 saturated carbocycles. The van der Waals surface area contributed by atoms with Crippen LogP contribution >= 0.6 is 15.9 Å². The third kappa shape index (κ3) is 3.84. The average molecular weight is 327 g/mol. The molecule has 1 heterocycles. The van der Waals surface area contributed by atoms with Gasteiger partial charge in [0, 0.05) is 4.47 Å². The lowest BCUT2D eigenvalue weighted by Gasteiger charge is -2.17. The van der Waals surface area contributed by atoms with Gasteiger partial charge >= 0.3 is 0 Å². The van der Waals surface area contributed by atoms with Crippen LogP contribution in [0, 0.1) is 5.82 Å². The van der Waals surface area contributed by atoms with Gasteiger partial charge in [0.2, 0.25) is 0 Å². The summed E-state index contributed by atoms with van der Waals surface area (Å²) in [4.78, 5) is 0. The first kappa shape index (κ1) is 14.1. The van der Waals surface area contributed by atoms with Crippen LogP contribution in [0.4, 0.5) is 4.39 Å². The van der Waals surface area contributed by atoms with E-state index in [-0.39, 0.29) is 11.9 Å². The molecule has 0 radical (unpaired) electrons. The van der Waals surface area contributed by atoms with Gasteiger partial charge in [-0.2, -0.15) is 15.4 Å². The van der Waals surface area contributed by atoms with Crippen molar-refractivity contribution in [2.24, 2.45) is 0 Å². The molecular formula is C13H16BrFN4. The summed E-state index contributed by atoms with van der Waals surface area (Å²) in [7, 11) is 0. The van der Waals surface area contributed by atoms with E-state index >= 15 is 0 Å². The molecule has 2 aromatic rings. The summed E-state index contributed by atoms with van der Waals surface area (Å²) in [6, 6.07) is 4.74. The second kappa shape index (κ2) is 6.77. The molecule has 102 valence electrons. The van der Waals surface area contributed by atoms with Gasteiger partial charge in [-0.05, 0) is 43.1 Å². The largest absolute Gasteiger partial charge is 0.308 e. The highest BCUT2D eigenvalue weighted by Gasteiger charge is 2.16. The molecule has 6 heteroatoms. The number of hydrogen-bond acceptors (Lipinski definition) is 3. The summed E-state index contributed by atoms with van der Waals surface area (Å²) < 4.78 is 14.2. The van der Waals surface area contributed by atoms with Crippen LogP contribution in [0.1, 0.15) is 30.6 Å². The fourth-order valence-corrected chi connectivity index (χ4v) is 2.31. The molecule has 0 fully saturated rings. The summed E-state index contributed by atoms with van der Waals surface area (Å²) in [5.74, 6) is -0.229. The number of hydrogen-bond donors (Lipinski definition) is 2. The Morgan fingerprint density at radius 1 is 1.47 bits per heavy atom. The lowest BCUT2D eigenvalue weighted by Crippen LogP contribution is -2.24. The predicted molar refractivity (Wildman–Crippen MR) is 75.2 cm³/mol. The standard InChI is InChI=1S/C13H16BrFN4/c1-2-5-16-12(13-8-17-19-18-13)7-9-6-10(15)3-4-11(9)14/h3-4,6,8,12,16H,2,5,7H2,1H3,(H,17,18,19). The molecule has 1 atom stereocenters. The molecule has 0 amide bonds. The fourth-order valence-electron chi connectivity index (χ4n) is 1.90. The van der Waals surface area contributed by atoms with Crippen LogP contribution in [0.3, 0.4) is 0 Å². The van der Waals surface area contributed by atoms with E-state index in [1.807, 2.05) is 0 Å². The van der Waals surface area contributed by atoms with Crippen molar-refractivity contribution < 1.29 is 4.39 Å². The van der Waals surface area contributed by atoms with Crippen molar-refractivity contribution >= 4 is 15.9 Å². The van der Waals surface area contributed by atoms with Crippen molar-refractivity contribution in [1.82, 2.24) is 20.7 Å². The van der Waals surface area contributed by atoms with E-state index in [2.05, 4.69) is 43.6 Å². The number of aromatic nitrogens is 3. The number of rotatable bonds is 6. The van der Waals surface area contributed by atoms with Crippen LogP contribution in [0.15, 0.2) is 28.9 Å². The third-order valence-corrected chi connectivity index (χ3v) is 3.64. The Labute approximate surface area is 119 Å². The summed E-state index contributed by atoms with van der Waals surface area (Å²) in [5, 5.41) is 14.0. The summed E-state index contributed by atoms with van der Waals surface area (Å²) >= 11 is 3.45. The quantitative estimate of drug-likeness (QED) is 0.858. The van der Waals surface area contributed by atoms with Crippen LogP contribution in [0.5, 0.6) is 0 Å². The maximum Gasteiger partial charge on any atom is 0.123 e. The van der Waals surface area contributed by atoms with E-state index in [9.17, 15) is 4.39 Å². The lowest BCUT2D eigenvalue weighted by molar-refractivity contribution is 0.514. The molecule has 1 aromatic carbocycles. The van der Waals surface area contributed by atoms with Crippen LogP contribution in [0.2, 0.25) is 0 Å². The maximum atomic E-state index is 13.3. The highest BCUT2D eigenvalue weighted by atomic mass is 79.9. The normalized spacial score (nSPS) is 12.6. The minimum atomic E-state index is -0.229. The first-order valence-electron chi connectivity index (χ1n) is 6.23. The highest BCUT2D eigenvalue weighted by molar-refractivity contribution is 9.10. The third-order valence-electron chi connectivity index (χ3n) is 2.86. The molecule has 0 saturated heterocycles. The minimum Gasteiger partial charge on any atom is -0.308 e. The zero-order valence-electron chi connectivity index (χ0n) is 10.7. The molecule has 19 heavy (non-hydrogen) atoms. The van der Waals surface area contributed by atoms with Gasteiger partial charge < -0.3 is 5.32 Å². The van der Waals surface area contributed by atoms with Gasteiger partial charge in [-0.25, -0.2) is 4.39 Å². The van der Waals surface area contributed by atoms with Gasteiger partial charge in [-0.1, -0.05) is 22.9 Å². The number of halogens is 2. The van der Waals surface area contributed by atoms with E-state index in [4.69, 9.17) is 0 Å². The molecule has 4 nitrogen and oxygen atoms in total. The number of benzene rings is 1. The van der Waals surface area contributed by atoms with Gasteiger partial charge in [0.15, 0.2) is 0 Å². The molecule has 0 aliphatic carbocycles. The van der Waals surface area contributed by atoms with Crippen LogP contribution < -0.4 is 5.32 Å². The van der Waals surface area contributed by atoms with Crippen molar-refractivity contribution in [2.75, 3.05) is 6.54 Å². The Morgan fingerprint density at radius 2 is 2.32 bits per heavy atom. The van der Waals surface area contributed by atoms with Crippen LogP contribution in [0.25, 0.3) is 0 Å². The van der Waals surface area contributed by atoms with E-state index in [0.717, 1.165) is 28.7 Å². The average Bonchev–Trinajstić information content (AvgIpc) is 2.92. The monoisotopic (exact) mass is 326 g/mol. The van der Waals surface area contributed by atoms with E-state index in [1.165, 1.54) is 6.07 Å². The molecule has 2 N–H and O–H groups in total. The number of nitrogens with zero attached hydrogens (tertiary/aromatic N) is 2. The first-order valence-corrected chi connectivity index (χ1v) is 7.03. The molecular weight excluding hydrogens is 311 g/mol. The zero-order valence-corrected chi connectivity index (χ0v) is 12.2. The van der Waals surface area contributed by atoms with Crippen LogP contribution in [-0.2, 0) is 6.42 Å². The van der Waals surface area contributed by atoms with Gasteiger partial charge in [0.1, 0.15) is 5.82 Å². The number of aromatic amines is 1. The van der Waals surface area contributed by atoms with E-state index in [1.54, 1.807) is 18.3 Å². The number of nitrogens with one attached hydrogen (secondary N) is 2. The Bertz CT molecular complexity index is 515. The molecule has 0 bridgehead atoms. The minimum absolute atomic E-state index is 0.0248. The first-order chi connectivity index (χ1) is 9.20. The predicted octanol–water partition coefficient (Wildman–Crippen LogP) is 2.99. The summed E-state index contributed by atoms with van der Waals surface area (Å²) in [6.45, 7) is 2.98. The van der Waals surface area contributed by atoms with Crippen molar-refractivity contribution in [1.29, 1.82) is 0 Å². The molecule has 1 aromatic heterocycles. The Kier molecular flexibility index (Phi) is 5.04. The van der Waals surface area contributed by atoms with Crippen molar-refractivity contribution in [3.8, 4) is 0 Å². The number of H-pyrrole nitrogens is 1. The lowest BCUT2D eigenvalue weighted by atomic mass is 10.0. The van der Waals surface area contributed by atoms with Crippen molar-refractivity contribution in [3.05, 3.63) is 45.9 Å². The van der Waals surface area contributed by atoms with Crippen molar-refractivity contribution in [2.45, 2.75) is 25.8 Å². The topological polar surface area (TPSA) is 53.6 Å². The van der Waals surface area contributed by atoms with Gasteiger partial charge in [0.25, 0.3) is 0 Å². The van der Waals surface area contributed by atoms with Gasteiger partial charge in [-0.15, -0.1) is 0 Å². The van der Waals surface area contributed by atoms with Gasteiger partial charge in [0.05, 0.1) is 17.9 Å². The smallest absolute Gasteiger partial charge is 0.123 e. The highest BCUT2D eigenvalue weighted by Crippen LogP contribution is 2.23. The molecule has 0 aliphatic heterocycles. The summed E-state index contributed by atoms with van der Waals surface area (Å²) in [5.41, 5.74) is 1.75. The Balaban J connectivity index is 2.17. The van der Waals surface area contributed by atoms with E-state index < -0.39 is 0 Å². The zero-order chi connectivity index (χ0) is 13.7. The maximum absolute atomic E-state index is 13.3. The van der Waals surface area contributed by atoms with Crippen LogP contribution in [-0.4, -0.2) is 22.0 Å². The molecule has 1 unspecified atom stereocenters. The Morgan fingerprint density at radius 3 is 3.00 bits per heavy atom. The summed E-state index contributed by atoms with van der Waals surface area (Å²) in [6.07, 6.45) is 3.38. The van der Waals surface area contributed by atoms with Crippen molar-refractivity contribution in [3.63, 3.8) is 0 Å². The molecule has 2 rings (SSSR count). The molecule has 0 aliphatic rings. The SMILES string of the molecule is CCCNC(Cc1cc(F)ccc1Br)c1cn[nH]n1. The molecule has 0 spiro atoms.